The number of hydrogen-bond acceptors (Lipinski definition) is 8. The third-order valence-corrected chi connectivity index (χ3v) is 11.4. The number of fused-ring (bicyclic) bond motifs is 4. The van der Waals surface area contributed by atoms with Crippen LogP contribution in [0.5, 0.6) is 11.5 Å². The lowest BCUT2D eigenvalue weighted by atomic mass is 9.56. The van der Waals surface area contributed by atoms with E-state index in [9.17, 15) is 38.7 Å². The first-order chi connectivity index (χ1) is 22.8. The summed E-state index contributed by atoms with van der Waals surface area (Å²) in [6.07, 6.45) is 1.60. The number of benzene rings is 3. The fourth-order valence-corrected chi connectivity index (χ4v) is 8.77. The van der Waals surface area contributed by atoms with Gasteiger partial charge in [0, 0.05) is 5.92 Å². The van der Waals surface area contributed by atoms with Gasteiger partial charge in [-0.1, -0.05) is 29.8 Å². The number of hydrogen-bond donors (Lipinski definition) is 3. The molecular formula is C34H28BCl2FN2O8. The van der Waals surface area contributed by atoms with E-state index in [2.05, 4.69) is 0 Å². The normalized spacial score (nSPS) is 29.4. The molecule has 3 aromatic rings. The minimum Gasteiger partial charge on any atom is -0.504 e. The Balaban J connectivity index is 1.39. The average Bonchev–Trinajstić information content (AvgIpc) is 3.40. The Kier molecular flexibility index (Phi) is 7.71. The molecule has 48 heavy (non-hydrogen) atoms. The molecule has 4 amide bonds. The van der Waals surface area contributed by atoms with E-state index in [1.54, 1.807) is 13.0 Å². The van der Waals surface area contributed by atoms with Crippen molar-refractivity contribution in [1.29, 1.82) is 0 Å². The summed E-state index contributed by atoms with van der Waals surface area (Å²) in [5, 5.41) is 29.9. The third kappa shape index (κ3) is 4.46. The minimum absolute atomic E-state index is 0.0550. The van der Waals surface area contributed by atoms with Crippen molar-refractivity contribution in [3.05, 3.63) is 89.8 Å². The van der Waals surface area contributed by atoms with Gasteiger partial charge in [0.2, 0.25) is 11.8 Å². The summed E-state index contributed by atoms with van der Waals surface area (Å²) >= 11 is 14.8. The van der Waals surface area contributed by atoms with Gasteiger partial charge in [-0.3, -0.25) is 24.1 Å². The second-order valence-electron chi connectivity index (χ2n) is 12.4. The fraction of sp³-hybridized carbons (Fsp3) is 0.294. The fourth-order valence-electron chi connectivity index (χ4n) is 7.83. The van der Waals surface area contributed by atoms with Crippen LogP contribution in [0, 0.1) is 23.6 Å². The van der Waals surface area contributed by atoms with Gasteiger partial charge in [-0.2, -0.15) is 0 Å². The number of allylic oxidation sites excluding steroid dienone is 2. The highest BCUT2D eigenvalue weighted by Gasteiger charge is 2.76. The number of phenols is 1. The van der Waals surface area contributed by atoms with Crippen LogP contribution in [0.1, 0.15) is 31.2 Å². The van der Waals surface area contributed by atoms with Gasteiger partial charge in [0.15, 0.2) is 21.2 Å². The molecule has 2 heterocycles. The second kappa shape index (κ2) is 11.4. The molecular weight excluding hydrogens is 665 g/mol. The summed E-state index contributed by atoms with van der Waals surface area (Å²) in [4.78, 5) is 54.6. The van der Waals surface area contributed by atoms with Gasteiger partial charge >= 0.3 is 7.12 Å². The molecule has 7 rings (SSSR count). The first-order valence-electron chi connectivity index (χ1n) is 15.4. The highest BCUT2D eigenvalue weighted by molar-refractivity contribution is 6.59. The smallest absolute Gasteiger partial charge is 0.488 e. The summed E-state index contributed by atoms with van der Waals surface area (Å²) in [5.41, 5.74) is 1.20. The number of phenolic OH excluding ortho intramolecular Hbond substituents is 1. The van der Waals surface area contributed by atoms with Gasteiger partial charge in [-0.05, 0) is 85.2 Å². The van der Waals surface area contributed by atoms with Crippen LogP contribution in [0.15, 0.2) is 78.4 Å². The Morgan fingerprint density at radius 2 is 1.65 bits per heavy atom. The second-order valence-corrected chi connectivity index (χ2v) is 13.6. The summed E-state index contributed by atoms with van der Waals surface area (Å²) in [6, 6.07) is 14.9. The molecule has 2 aliphatic carbocycles. The third-order valence-electron chi connectivity index (χ3n) is 9.94. The van der Waals surface area contributed by atoms with Gasteiger partial charge < -0.3 is 19.9 Å². The molecule has 4 aliphatic rings. The molecule has 10 nitrogen and oxygen atoms in total. The first-order valence-corrected chi connectivity index (χ1v) is 16.1. The molecule has 0 radical (unpaired) electrons. The Morgan fingerprint density at radius 1 is 0.917 bits per heavy atom. The Labute approximate surface area is 284 Å². The van der Waals surface area contributed by atoms with Crippen LogP contribution in [-0.2, 0) is 19.2 Å². The van der Waals surface area contributed by atoms with Crippen LogP contribution in [0.2, 0.25) is 0 Å². The Morgan fingerprint density at radius 3 is 2.33 bits per heavy atom. The lowest BCUT2D eigenvalue weighted by Crippen LogP contribution is -2.60. The van der Waals surface area contributed by atoms with Crippen molar-refractivity contribution in [1.82, 2.24) is 0 Å². The van der Waals surface area contributed by atoms with Crippen LogP contribution in [0.4, 0.5) is 15.8 Å². The number of halogens is 3. The van der Waals surface area contributed by atoms with Crippen molar-refractivity contribution in [2.24, 2.45) is 17.8 Å². The number of carbonyl (C=O) groups is 4. The monoisotopic (exact) mass is 692 g/mol. The number of amides is 4. The molecule has 3 aromatic carbocycles. The maximum atomic E-state index is 14.5. The molecule has 0 bridgehead atoms. The number of nitrogens with zero attached hydrogens (tertiary/aromatic N) is 2. The zero-order valence-electron chi connectivity index (χ0n) is 25.3. The van der Waals surface area contributed by atoms with Crippen LogP contribution < -0.4 is 20.0 Å². The summed E-state index contributed by atoms with van der Waals surface area (Å²) < 4.78 is 19.5. The van der Waals surface area contributed by atoms with E-state index in [1.807, 2.05) is 0 Å². The molecule has 3 fully saturated rings. The van der Waals surface area contributed by atoms with E-state index in [-0.39, 0.29) is 47.8 Å². The molecule has 3 N–H and O–H groups in total. The molecule has 6 atom stereocenters. The molecule has 14 heteroatoms. The lowest BCUT2D eigenvalue weighted by Gasteiger charge is -2.50. The van der Waals surface area contributed by atoms with E-state index < -0.39 is 70.0 Å². The zero-order valence-corrected chi connectivity index (χ0v) is 26.9. The molecule has 246 valence electrons. The summed E-state index contributed by atoms with van der Waals surface area (Å²) in [6.45, 7) is 1.93. The molecule has 2 aliphatic heterocycles. The van der Waals surface area contributed by atoms with Crippen molar-refractivity contribution < 1.29 is 43.5 Å². The Hall–Kier alpha value is -4.23. The largest absolute Gasteiger partial charge is 0.504 e. The van der Waals surface area contributed by atoms with Crippen LogP contribution >= 0.6 is 23.2 Å². The predicted molar refractivity (Wildman–Crippen MR) is 175 cm³/mol. The van der Waals surface area contributed by atoms with Gasteiger partial charge in [0.1, 0.15) is 5.82 Å². The molecule has 2 saturated heterocycles. The molecule has 6 unspecified atom stereocenters. The van der Waals surface area contributed by atoms with E-state index >= 15 is 0 Å². The number of imide groups is 2. The summed E-state index contributed by atoms with van der Waals surface area (Å²) in [7, 11) is -1.83. The van der Waals surface area contributed by atoms with Crippen molar-refractivity contribution in [2.45, 2.75) is 35.4 Å². The topological polar surface area (TPSA) is 145 Å². The Bertz CT molecular complexity index is 1920. The van der Waals surface area contributed by atoms with Crippen LogP contribution in [0.25, 0.3) is 0 Å². The minimum atomic E-state index is -2.15. The number of anilines is 2. The quantitative estimate of drug-likeness (QED) is 0.154. The molecule has 0 aromatic heterocycles. The van der Waals surface area contributed by atoms with Gasteiger partial charge in [-0.15, -0.1) is 23.2 Å². The van der Waals surface area contributed by atoms with Crippen LogP contribution in [0.3, 0.4) is 0 Å². The number of alkyl halides is 2. The van der Waals surface area contributed by atoms with Gasteiger partial charge in [0.05, 0.1) is 29.8 Å². The standard InChI is InChI=1S/C34H28BCl2FN2O8/c1-2-48-26-14-17(6-13-25(26)41)28-22-11-12-23-27(30(43)39(29(23)42)21-5-3-4-18(15-21)35(46)47)24(22)16-33(36)31(44)40(32(45)34(28,33)37)20-9-7-19(38)8-10-20/h3-11,13-15,23-24,27-28,41,46-47H,2,12,16H2,1H3. The summed E-state index contributed by atoms with van der Waals surface area (Å²) in [5.74, 6) is -7.22. The van der Waals surface area contributed by atoms with Crippen molar-refractivity contribution in [2.75, 3.05) is 16.4 Å². The predicted octanol–water partition coefficient (Wildman–Crippen LogP) is 3.38. The van der Waals surface area contributed by atoms with E-state index in [0.29, 0.717) is 11.1 Å². The van der Waals surface area contributed by atoms with Crippen molar-refractivity contribution in [3.8, 4) is 11.5 Å². The highest BCUT2D eigenvalue weighted by atomic mass is 35.5. The first kappa shape index (κ1) is 32.3. The van der Waals surface area contributed by atoms with E-state index in [0.717, 1.165) is 21.9 Å². The maximum absolute atomic E-state index is 14.5. The molecule has 1 saturated carbocycles. The molecule has 0 spiro atoms. The number of aromatic hydroxyl groups is 1. The SMILES string of the molecule is CCOc1cc(C2C3=CCC4C(=O)N(c5cccc(B(O)O)c5)C(=O)C4C3CC3(Cl)C(=O)N(c4ccc(F)cc4)C(=O)C23Cl)ccc1O. The van der Waals surface area contributed by atoms with Crippen molar-refractivity contribution >= 4 is 70.8 Å². The number of rotatable bonds is 6. The highest BCUT2D eigenvalue weighted by Crippen LogP contribution is 2.66. The average molecular weight is 693 g/mol. The van der Waals surface area contributed by atoms with Gasteiger partial charge in [-0.25, -0.2) is 9.29 Å². The van der Waals surface area contributed by atoms with Gasteiger partial charge in [0.25, 0.3) is 11.8 Å². The van der Waals surface area contributed by atoms with E-state index in [4.69, 9.17) is 27.9 Å². The van der Waals surface area contributed by atoms with Crippen LogP contribution in [-0.4, -0.2) is 62.3 Å². The van der Waals surface area contributed by atoms with Crippen molar-refractivity contribution in [3.63, 3.8) is 0 Å². The van der Waals surface area contributed by atoms with E-state index in [1.165, 1.54) is 54.6 Å². The maximum Gasteiger partial charge on any atom is 0.488 e. The lowest BCUT2D eigenvalue weighted by molar-refractivity contribution is -0.125. The zero-order chi connectivity index (χ0) is 34.3. The number of ether oxygens (including phenoxy) is 1. The number of carbonyl (C=O) groups excluding carboxylic acids is 4.